The van der Waals surface area contributed by atoms with Gasteiger partial charge in [0.05, 0.1) is 26.5 Å². The fourth-order valence-corrected chi connectivity index (χ4v) is 4.23. The smallest absolute Gasteiger partial charge is 0.193 e. The van der Waals surface area contributed by atoms with Crippen LogP contribution in [0.1, 0.15) is 12.1 Å². The number of ether oxygens (including phenoxy) is 2. The predicted octanol–water partition coefficient (Wildman–Crippen LogP) is 2.97. The molecule has 30 heavy (non-hydrogen) atoms. The maximum Gasteiger partial charge on any atom is 0.193 e. The van der Waals surface area contributed by atoms with Gasteiger partial charge in [-0.05, 0) is 6.42 Å². The Bertz CT molecular complexity index is 954. The topological polar surface area (TPSA) is 75.4 Å². The number of hydrogen-bond acceptors (Lipinski definition) is 6. The molecule has 1 saturated heterocycles. The summed E-state index contributed by atoms with van der Waals surface area (Å²) in [5, 5.41) is 8.92. The molecule has 2 N–H and O–H groups in total. The number of guanidine groups is 1. The van der Waals surface area contributed by atoms with Crippen molar-refractivity contribution in [2.45, 2.75) is 19.0 Å². The van der Waals surface area contributed by atoms with Gasteiger partial charge in [0.15, 0.2) is 10.9 Å². The number of halogens is 1. The summed E-state index contributed by atoms with van der Waals surface area (Å²) in [5.74, 6) is 2.39. The van der Waals surface area contributed by atoms with E-state index in [1.807, 2.05) is 40.4 Å². The van der Waals surface area contributed by atoms with Crippen LogP contribution in [0.2, 0.25) is 0 Å². The number of aromatic nitrogens is 2. The summed E-state index contributed by atoms with van der Waals surface area (Å²) < 4.78 is 12.8. The summed E-state index contributed by atoms with van der Waals surface area (Å²) in [6.07, 6.45) is 5.09. The second-order valence-corrected chi connectivity index (χ2v) is 7.77. The molecule has 1 unspecified atom stereocenters. The number of imidazole rings is 1. The highest BCUT2D eigenvalue weighted by atomic mass is 127. The zero-order valence-corrected chi connectivity index (χ0v) is 20.4. The van der Waals surface area contributed by atoms with E-state index >= 15 is 0 Å². The lowest BCUT2D eigenvalue weighted by Gasteiger charge is -2.21. The number of aliphatic imine (C=N–C) groups is 1. The maximum absolute atomic E-state index is 5.40. The molecule has 3 aromatic rings. The average Bonchev–Trinajstić information content (AvgIpc) is 3.47. The van der Waals surface area contributed by atoms with E-state index in [1.54, 1.807) is 32.6 Å². The number of methoxy groups -OCH3 is 2. The quantitative estimate of drug-likeness (QED) is 0.284. The number of nitrogens with zero attached hydrogens (tertiary/aromatic N) is 4. The van der Waals surface area contributed by atoms with Crippen LogP contribution in [0, 0.1) is 0 Å². The molecular weight excluding hydrogens is 515 g/mol. The van der Waals surface area contributed by atoms with E-state index in [1.165, 1.54) is 0 Å². The van der Waals surface area contributed by atoms with E-state index in [0.717, 1.165) is 53.3 Å². The van der Waals surface area contributed by atoms with Crippen LogP contribution in [0.15, 0.2) is 41.0 Å². The van der Waals surface area contributed by atoms with Gasteiger partial charge in [0.1, 0.15) is 11.5 Å². The molecule has 8 nitrogen and oxygen atoms in total. The Morgan fingerprint density at radius 3 is 2.70 bits per heavy atom. The molecule has 0 amide bonds. The van der Waals surface area contributed by atoms with Gasteiger partial charge in [-0.2, -0.15) is 0 Å². The van der Waals surface area contributed by atoms with Gasteiger partial charge in [0, 0.05) is 67.8 Å². The van der Waals surface area contributed by atoms with Crippen LogP contribution >= 0.6 is 35.3 Å². The lowest BCUT2D eigenvalue weighted by atomic mass is 10.2. The number of thiazole rings is 1. The highest BCUT2D eigenvalue weighted by molar-refractivity contribution is 14.0. The van der Waals surface area contributed by atoms with Crippen molar-refractivity contribution < 1.29 is 9.47 Å². The Balaban J connectivity index is 0.00000256. The molecule has 162 valence electrons. The molecular formula is C20H27IN6O2S. The monoisotopic (exact) mass is 542 g/mol. The number of nitrogens with one attached hydrogen (secondary N) is 2. The van der Waals surface area contributed by atoms with E-state index in [2.05, 4.69) is 25.5 Å². The van der Waals surface area contributed by atoms with Crippen molar-refractivity contribution >= 4 is 51.9 Å². The van der Waals surface area contributed by atoms with Crippen LogP contribution in [0.25, 0.3) is 4.96 Å². The Labute approximate surface area is 197 Å². The van der Waals surface area contributed by atoms with Gasteiger partial charge >= 0.3 is 0 Å². The third kappa shape index (κ3) is 5.09. The van der Waals surface area contributed by atoms with Crippen molar-refractivity contribution in [3.05, 3.63) is 41.7 Å². The Morgan fingerprint density at radius 1 is 1.27 bits per heavy atom. The van der Waals surface area contributed by atoms with Gasteiger partial charge in [-0.1, -0.05) is 0 Å². The zero-order valence-electron chi connectivity index (χ0n) is 17.3. The van der Waals surface area contributed by atoms with Gasteiger partial charge < -0.3 is 25.0 Å². The summed E-state index contributed by atoms with van der Waals surface area (Å²) in [6.45, 7) is 2.48. The minimum absolute atomic E-state index is 0. The minimum Gasteiger partial charge on any atom is -0.497 e. The van der Waals surface area contributed by atoms with Crippen molar-refractivity contribution in [3.8, 4) is 11.5 Å². The standard InChI is InChI=1S/C20H26N6O2S.HI/c1-21-19(22-11-15-13-26-6-7-29-20(26)24-15)23-14-4-5-25(12-14)16-8-17(27-2)10-18(9-16)28-3;/h6-10,13-14H,4-5,11-12H2,1-3H3,(H2,21,22,23);1H. The predicted molar refractivity (Wildman–Crippen MR) is 132 cm³/mol. The first-order valence-electron chi connectivity index (χ1n) is 9.55. The molecule has 0 bridgehead atoms. The third-order valence-corrected chi connectivity index (χ3v) is 5.80. The highest BCUT2D eigenvalue weighted by Gasteiger charge is 2.24. The first-order valence-corrected chi connectivity index (χ1v) is 10.4. The normalized spacial score (nSPS) is 16.4. The van der Waals surface area contributed by atoms with Gasteiger partial charge in [0.2, 0.25) is 0 Å². The zero-order chi connectivity index (χ0) is 20.2. The van der Waals surface area contributed by atoms with Gasteiger partial charge in [-0.15, -0.1) is 35.3 Å². The van der Waals surface area contributed by atoms with Crippen molar-refractivity contribution in [3.63, 3.8) is 0 Å². The summed E-state index contributed by atoms with van der Waals surface area (Å²) in [4.78, 5) is 12.3. The molecule has 0 saturated carbocycles. The number of benzene rings is 1. The van der Waals surface area contributed by atoms with Crippen molar-refractivity contribution in [2.75, 3.05) is 39.3 Å². The lowest BCUT2D eigenvalue weighted by molar-refractivity contribution is 0.394. The van der Waals surface area contributed by atoms with E-state index in [-0.39, 0.29) is 24.0 Å². The van der Waals surface area contributed by atoms with Crippen LogP contribution in [0.5, 0.6) is 11.5 Å². The van der Waals surface area contributed by atoms with Crippen LogP contribution in [0.4, 0.5) is 5.69 Å². The summed E-state index contributed by atoms with van der Waals surface area (Å²) in [7, 11) is 5.14. The van der Waals surface area contributed by atoms with Gasteiger partial charge in [0.25, 0.3) is 0 Å². The summed E-state index contributed by atoms with van der Waals surface area (Å²) in [5.41, 5.74) is 2.10. The first-order chi connectivity index (χ1) is 14.2. The third-order valence-electron chi connectivity index (χ3n) is 5.03. The molecule has 1 fully saturated rings. The first kappa shape index (κ1) is 22.5. The minimum atomic E-state index is 0. The van der Waals surface area contributed by atoms with Crippen molar-refractivity contribution in [2.24, 2.45) is 4.99 Å². The van der Waals surface area contributed by atoms with Gasteiger partial charge in [-0.25, -0.2) is 4.98 Å². The molecule has 4 rings (SSSR count). The van der Waals surface area contributed by atoms with Crippen molar-refractivity contribution in [1.82, 2.24) is 20.0 Å². The van der Waals surface area contributed by atoms with E-state index in [0.29, 0.717) is 12.6 Å². The molecule has 0 aliphatic carbocycles. The van der Waals surface area contributed by atoms with E-state index in [4.69, 9.17) is 9.47 Å². The number of fused-ring (bicyclic) bond motifs is 1. The van der Waals surface area contributed by atoms with Gasteiger partial charge in [-0.3, -0.25) is 9.39 Å². The maximum atomic E-state index is 5.40. The highest BCUT2D eigenvalue weighted by Crippen LogP contribution is 2.30. The Hall–Kier alpha value is -2.21. The molecule has 2 aromatic heterocycles. The fourth-order valence-electron chi connectivity index (χ4n) is 3.51. The average molecular weight is 542 g/mol. The molecule has 1 aromatic carbocycles. The Kier molecular flexibility index (Phi) is 7.64. The Morgan fingerprint density at radius 2 is 2.03 bits per heavy atom. The van der Waals surface area contributed by atoms with E-state index in [9.17, 15) is 0 Å². The summed E-state index contributed by atoms with van der Waals surface area (Å²) in [6, 6.07) is 6.29. The number of hydrogen-bond donors (Lipinski definition) is 2. The number of rotatable bonds is 6. The second-order valence-electron chi connectivity index (χ2n) is 6.90. The largest absolute Gasteiger partial charge is 0.497 e. The van der Waals surface area contributed by atoms with Crippen molar-refractivity contribution in [1.29, 1.82) is 0 Å². The van der Waals surface area contributed by atoms with Crippen LogP contribution < -0.4 is 25.0 Å². The fraction of sp³-hybridized carbons (Fsp3) is 0.400. The molecule has 0 spiro atoms. The molecule has 3 heterocycles. The molecule has 0 radical (unpaired) electrons. The lowest BCUT2D eigenvalue weighted by Crippen LogP contribution is -2.44. The summed E-state index contributed by atoms with van der Waals surface area (Å²) >= 11 is 1.63. The molecule has 10 heteroatoms. The second kappa shape index (κ2) is 10.2. The van der Waals surface area contributed by atoms with Crippen LogP contribution in [-0.4, -0.2) is 55.7 Å². The van der Waals surface area contributed by atoms with E-state index < -0.39 is 0 Å². The molecule has 1 atom stereocenters. The molecule has 1 aliphatic rings. The van der Waals surface area contributed by atoms with Crippen LogP contribution in [0.3, 0.4) is 0 Å². The number of anilines is 1. The SMILES string of the molecule is CN=C(NCc1cn2ccsc2n1)NC1CCN(c2cc(OC)cc(OC)c2)C1.I. The van der Waals surface area contributed by atoms with Crippen LogP contribution in [-0.2, 0) is 6.54 Å². The molecule has 1 aliphatic heterocycles.